The number of ether oxygens (including phenoxy) is 1. The number of hydrogen-bond acceptors (Lipinski definition) is 4. The first-order valence-corrected chi connectivity index (χ1v) is 13.0. The summed E-state index contributed by atoms with van der Waals surface area (Å²) in [5, 5.41) is 8.84. The smallest absolute Gasteiger partial charge is 0.307 e. The largest absolute Gasteiger partial charge is 0.481 e. The van der Waals surface area contributed by atoms with Crippen molar-refractivity contribution in [3.05, 3.63) is 70.8 Å². The van der Waals surface area contributed by atoms with Gasteiger partial charge in [-0.1, -0.05) is 30.3 Å². The van der Waals surface area contributed by atoms with E-state index in [2.05, 4.69) is 0 Å². The highest BCUT2D eigenvalue weighted by Gasteiger charge is 2.42. The van der Waals surface area contributed by atoms with Gasteiger partial charge in [0.05, 0.1) is 12.0 Å². The number of nitrogens with zero attached hydrogens (tertiary/aromatic N) is 1. The fourth-order valence-electron chi connectivity index (χ4n) is 5.24. The highest BCUT2D eigenvalue weighted by molar-refractivity contribution is 7.89. The Hall–Kier alpha value is -2.36. The topological polar surface area (TPSA) is 83.9 Å². The van der Waals surface area contributed by atoms with Crippen LogP contribution in [0.15, 0.2) is 42.5 Å². The molecule has 0 amide bonds. The first-order chi connectivity index (χ1) is 16.1. The lowest BCUT2D eigenvalue weighted by atomic mass is 9.78. The van der Waals surface area contributed by atoms with Crippen LogP contribution in [0.25, 0.3) is 0 Å². The average molecular weight is 494 g/mol. The van der Waals surface area contributed by atoms with E-state index in [1.54, 1.807) is 38.1 Å². The standard InChI is InChI=1S/C25H29F2NO5S/c1-15-8-9-23(17-6-4-3-5-7-17)34(31,32)28(15)14-18-12-22(27)20(13-21(18)26)24-16(2)33-11-10-19(24)25(29)30/h3-7,12-13,15-16,19,23-24H,8-11,14H2,1-2H3,(H,29,30)/t15-,16?,19+,23+,24+/m0/s1. The zero-order chi connectivity index (χ0) is 24.6. The SMILES string of the molecule is CC1OCC[C@@H](C(=O)O)[C@@H]1c1cc(F)c(CN2[C@@H](C)CC[C@H](c3ccccc3)S2(=O)=O)cc1F. The molecule has 184 valence electrons. The van der Waals surface area contributed by atoms with Crippen molar-refractivity contribution >= 4 is 16.0 Å². The predicted octanol–water partition coefficient (Wildman–Crippen LogP) is 4.61. The van der Waals surface area contributed by atoms with Crippen LogP contribution in [0.2, 0.25) is 0 Å². The van der Waals surface area contributed by atoms with E-state index in [1.165, 1.54) is 4.31 Å². The van der Waals surface area contributed by atoms with Gasteiger partial charge < -0.3 is 9.84 Å². The predicted molar refractivity (Wildman–Crippen MR) is 123 cm³/mol. The Balaban J connectivity index is 1.65. The van der Waals surface area contributed by atoms with E-state index < -0.39 is 50.8 Å². The Morgan fingerprint density at radius 1 is 1.09 bits per heavy atom. The summed E-state index contributed by atoms with van der Waals surface area (Å²) in [6.45, 7) is 3.36. The molecule has 2 saturated heterocycles. The van der Waals surface area contributed by atoms with Crippen LogP contribution in [-0.4, -0.2) is 42.6 Å². The minimum Gasteiger partial charge on any atom is -0.481 e. The van der Waals surface area contributed by atoms with E-state index in [-0.39, 0.29) is 36.7 Å². The summed E-state index contributed by atoms with van der Waals surface area (Å²) in [6.07, 6.45) is 0.662. The van der Waals surface area contributed by atoms with Crippen molar-refractivity contribution in [1.82, 2.24) is 4.31 Å². The van der Waals surface area contributed by atoms with E-state index in [1.807, 2.05) is 6.07 Å². The number of hydrogen-bond donors (Lipinski definition) is 1. The molecule has 6 nitrogen and oxygen atoms in total. The molecule has 1 unspecified atom stereocenters. The molecule has 0 aliphatic carbocycles. The molecule has 2 aliphatic heterocycles. The van der Waals surface area contributed by atoms with Gasteiger partial charge in [0.25, 0.3) is 0 Å². The summed E-state index contributed by atoms with van der Waals surface area (Å²) in [5.41, 5.74) is 0.534. The number of carboxylic acid groups (broad SMARTS) is 1. The Bertz CT molecular complexity index is 1160. The molecule has 0 saturated carbocycles. The number of rotatable bonds is 5. The summed E-state index contributed by atoms with van der Waals surface area (Å²) in [4.78, 5) is 11.7. The van der Waals surface area contributed by atoms with Crippen molar-refractivity contribution in [3.63, 3.8) is 0 Å². The van der Waals surface area contributed by atoms with Crippen LogP contribution >= 0.6 is 0 Å². The van der Waals surface area contributed by atoms with Crippen molar-refractivity contribution < 1.29 is 31.8 Å². The molecule has 2 aromatic carbocycles. The van der Waals surface area contributed by atoms with Crippen LogP contribution in [0, 0.1) is 17.6 Å². The summed E-state index contributed by atoms with van der Waals surface area (Å²) in [5.74, 6) is -4.33. The number of benzene rings is 2. The number of halogens is 2. The fraction of sp³-hybridized carbons (Fsp3) is 0.480. The molecule has 0 bridgehead atoms. The third-order valence-electron chi connectivity index (χ3n) is 7.11. The summed E-state index contributed by atoms with van der Waals surface area (Å²) < 4.78 is 64.1. The van der Waals surface area contributed by atoms with Crippen LogP contribution in [0.4, 0.5) is 8.78 Å². The van der Waals surface area contributed by atoms with E-state index in [9.17, 15) is 18.3 Å². The number of carbonyl (C=O) groups is 1. The van der Waals surface area contributed by atoms with Crippen molar-refractivity contribution in [1.29, 1.82) is 0 Å². The van der Waals surface area contributed by atoms with Gasteiger partial charge in [0.15, 0.2) is 0 Å². The van der Waals surface area contributed by atoms with Gasteiger partial charge in [0, 0.05) is 30.7 Å². The minimum absolute atomic E-state index is 0.0578. The highest BCUT2D eigenvalue weighted by atomic mass is 32.2. The second-order valence-corrected chi connectivity index (χ2v) is 11.3. The van der Waals surface area contributed by atoms with Crippen molar-refractivity contribution in [2.24, 2.45) is 5.92 Å². The highest BCUT2D eigenvalue weighted by Crippen LogP contribution is 2.40. The van der Waals surface area contributed by atoms with E-state index in [0.29, 0.717) is 18.4 Å². The van der Waals surface area contributed by atoms with Gasteiger partial charge in [-0.2, -0.15) is 4.31 Å². The van der Waals surface area contributed by atoms with E-state index in [4.69, 9.17) is 4.74 Å². The molecule has 9 heteroatoms. The summed E-state index contributed by atoms with van der Waals surface area (Å²) in [6, 6.07) is 10.5. The van der Waals surface area contributed by atoms with Crippen molar-refractivity contribution in [2.45, 2.75) is 63.0 Å². The first kappa shape index (κ1) is 24.8. The lowest BCUT2D eigenvalue weighted by molar-refractivity contribution is -0.148. The summed E-state index contributed by atoms with van der Waals surface area (Å²) >= 11 is 0. The molecule has 1 N–H and O–H groups in total. The van der Waals surface area contributed by atoms with Gasteiger partial charge in [-0.3, -0.25) is 4.79 Å². The van der Waals surface area contributed by atoms with Crippen LogP contribution in [0.1, 0.15) is 61.0 Å². The molecule has 34 heavy (non-hydrogen) atoms. The zero-order valence-corrected chi connectivity index (χ0v) is 20.0. The van der Waals surface area contributed by atoms with Crippen LogP contribution in [-0.2, 0) is 26.1 Å². The molecule has 0 radical (unpaired) electrons. The maximum atomic E-state index is 15.2. The number of carboxylic acids is 1. The van der Waals surface area contributed by atoms with E-state index >= 15 is 8.78 Å². The molecule has 2 aliphatic rings. The molecule has 2 fully saturated rings. The molecule has 4 rings (SSSR count). The third kappa shape index (κ3) is 4.61. The Kier molecular flexibility index (Phi) is 7.07. The minimum atomic E-state index is -3.81. The number of aliphatic carboxylic acids is 1. The first-order valence-electron chi connectivity index (χ1n) is 11.5. The molecule has 5 atom stereocenters. The zero-order valence-electron chi connectivity index (χ0n) is 19.2. The van der Waals surface area contributed by atoms with E-state index in [0.717, 1.165) is 12.1 Å². The average Bonchev–Trinajstić information content (AvgIpc) is 2.79. The maximum Gasteiger partial charge on any atom is 0.307 e. The van der Waals surface area contributed by atoms with Gasteiger partial charge in [0.1, 0.15) is 16.9 Å². The van der Waals surface area contributed by atoms with Gasteiger partial charge in [-0.05, 0) is 56.4 Å². The molecule has 2 aromatic rings. The van der Waals surface area contributed by atoms with Gasteiger partial charge in [-0.15, -0.1) is 0 Å². The van der Waals surface area contributed by atoms with Crippen LogP contribution < -0.4 is 0 Å². The van der Waals surface area contributed by atoms with Gasteiger partial charge in [0.2, 0.25) is 10.0 Å². The van der Waals surface area contributed by atoms with Crippen molar-refractivity contribution in [3.8, 4) is 0 Å². The lowest BCUT2D eigenvalue weighted by Gasteiger charge is -2.38. The molecular formula is C25H29F2NO5S. The maximum absolute atomic E-state index is 15.2. The monoisotopic (exact) mass is 493 g/mol. The molecule has 0 aromatic heterocycles. The lowest BCUT2D eigenvalue weighted by Crippen LogP contribution is -2.45. The summed E-state index contributed by atoms with van der Waals surface area (Å²) in [7, 11) is -3.81. The molecule has 2 heterocycles. The molecule has 0 spiro atoms. The van der Waals surface area contributed by atoms with Crippen molar-refractivity contribution in [2.75, 3.05) is 6.61 Å². The third-order valence-corrected chi connectivity index (χ3v) is 9.48. The quantitative estimate of drug-likeness (QED) is 0.658. The molecular weight excluding hydrogens is 464 g/mol. The van der Waals surface area contributed by atoms with Crippen LogP contribution in [0.5, 0.6) is 0 Å². The fourth-order valence-corrected chi connectivity index (χ4v) is 7.43. The Morgan fingerprint density at radius 2 is 1.79 bits per heavy atom. The Morgan fingerprint density at radius 3 is 2.47 bits per heavy atom. The van der Waals surface area contributed by atoms with Gasteiger partial charge >= 0.3 is 5.97 Å². The number of sulfonamides is 1. The normalized spacial score (nSPS) is 29.6. The Labute approximate surface area is 198 Å². The van der Waals surface area contributed by atoms with Gasteiger partial charge in [-0.25, -0.2) is 17.2 Å². The van der Waals surface area contributed by atoms with Crippen LogP contribution in [0.3, 0.4) is 0 Å². The second kappa shape index (κ2) is 9.71. The second-order valence-electron chi connectivity index (χ2n) is 9.22.